The first-order chi connectivity index (χ1) is 8.36. The van der Waals surface area contributed by atoms with Gasteiger partial charge in [0, 0.05) is 5.92 Å². The van der Waals surface area contributed by atoms with E-state index in [1.165, 1.54) is 0 Å². The molecule has 0 amide bonds. The van der Waals surface area contributed by atoms with Crippen molar-refractivity contribution in [2.24, 2.45) is 0 Å². The second-order valence-electron chi connectivity index (χ2n) is 3.92. The van der Waals surface area contributed by atoms with E-state index in [0.29, 0.717) is 0 Å². The lowest BCUT2D eigenvalue weighted by Crippen LogP contribution is -2.15. The van der Waals surface area contributed by atoms with Crippen molar-refractivity contribution in [3.63, 3.8) is 0 Å². The van der Waals surface area contributed by atoms with Crippen molar-refractivity contribution >= 4 is 5.97 Å². The Bertz CT molecular complexity index is 472. The summed E-state index contributed by atoms with van der Waals surface area (Å²) in [5, 5.41) is 8.39. The van der Waals surface area contributed by atoms with E-state index in [1.54, 1.807) is 0 Å². The average Bonchev–Trinajstić information content (AvgIpc) is 3.08. The molecule has 2 rings (SSSR count). The van der Waals surface area contributed by atoms with Crippen LogP contribution in [0.1, 0.15) is 30.1 Å². The predicted molar refractivity (Wildman–Crippen MR) is 52.1 cm³/mol. The van der Waals surface area contributed by atoms with E-state index in [0.717, 1.165) is 18.9 Å². The Morgan fingerprint density at radius 2 is 2.11 bits per heavy atom. The van der Waals surface area contributed by atoms with Gasteiger partial charge < -0.3 is 9.84 Å². The van der Waals surface area contributed by atoms with E-state index < -0.39 is 30.5 Å². The maximum atomic E-state index is 12.6. The summed E-state index contributed by atoms with van der Waals surface area (Å²) in [6.07, 6.45) is -3.06. The molecular weight excluding hydrogens is 253 g/mol. The van der Waals surface area contributed by atoms with Crippen molar-refractivity contribution in [2.75, 3.05) is 6.61 Å². The molecule has 1 aromatic heterocycles. The maximum Gasteiger partial charge on any atom is 0.433 e. The second kappa shape index (κ2) is 4.43. The molecule has 0 bridgehead atoms. The minimum atomic E-state index is -4.60. The Labute approximate surface area is 99.6 Å². The summed E-state index contributed by atoms with van der Waals surface area (Å²) in [5.41, 5.74) is -0.863. The van der Waals surface area contributed by atoms with Gasteiger partial charge >= 0.3 is 18.2 Å². The molecule has 0 radical (unpaired) electrons. The van der Waals surface area contributed by atoms with Crippen LogP contribution in [0.3, 0.4) is 0 Å². The maximum absolute atomic E-state index is 12.6. The monoisotopic (exact) mass is 262 g/mol. The molecule has 1 aliphatic carbocycles. The fourth-order valence-electron chi connectivity index (χ4n) is 1.37. The van der Waals surface area contributed by atoms with Gasteiger partial charge in [-0.1, -0.05) is 0 Å². The van der Waals surface area contributed by atoms with Crippen molar-refractivity contribution < 1.29 is 27.8 Å². The van der Waals surface area contributed by atoms with E-state index >= 15 is 0 Å². The number of hydrogen-bond donors (Lipinski definition) is 1. The molecule has 0 aromatic carbocycles. The third-order valence-corrected chi connectivity index (χ3v) is 2.34. The third-order valence-electron chi connectivity index (χ3n) is 2.34. The molecule has 0 atom stereocenters. The largest absolute Gasteiger partial charge is 0.479 e. The quantitative estimate of drug-likeness (QED) is 0.896. The van der Waals surface area contributed by atoms with Gasteiger partial charge in [-0.2, -0.15) is 23.1 Å². The first-order valence-corrected chi connectivity index (χ1v) is 5.17. The number of halogens is 3. The lowest BCUT2D eigenvalue weighted by Gasteiger charge is -2.09. The minimum absolute atomic E-state index is 0.0127. The number of ether oxygens (including phenoxy) is 1. The van der Waals surface area contributed by atoms with Crippen LogP contribution in [-0.4, -0.2) is 27.7 Å². The lowest BCUT2D eigenvalue weighted by atomic mass is 10.2. The smallest absolute Gasteiger partial charge is 0.433 e. The van der Waals surface area contributed by atoms with E-state index in [4.69, 9.17) is 5.11 Å². The zero-order chi connectivity index (χ0) is 13.3. The van der Waals surface area contributed by atoms with Crippen molar-refractivity contribution in [3.8, 4) is 6.01 Å². The molecule has 18 heavy (non-hydrogen) atoms. The molecule has 1 N–H and O–H groups in total. The molecule has 0 spiro atoms. The second-order valence-corrected chi connectivity index (χ2v) is 3.92. The Morgan fingerprint density at radius 3 is 2.61 bits per heavy atom. The number of rotatable bonds is 4. The molecule has 1 saturated carbocycles. The number of carboxylic acids is 1. The number of carbonyl (C=O) groups is 1. The number of carboxylic acid groups (broad SMARTS) is 1. The van der Waals surface area contributed by atoms with Gasteiger partial charge in [0.05, 0.1) is 5.69 Å². The van der Waals surface area contributed by atoms with Crippen LogP contribution in [0.4, 0.5) is 13.2 Å². The fraction of sp³-hybridized carbons (Fsp3) is 0.500. The van der Waals surface area contributed by atoms with Crippen LogP contribution < -0.4 is 4.74 Å². The highest BCUT2D eigenvalue weighted by Crippen LogP contribution is 2.41. The van der Waals surface area contributed by atoms with Gasteiger partial charge in [0.2, 0.25) is 0 Å². The van der Waals surface area contributed by atoms with Crippen molar-refractivity contribution in [2.45, 2.75) is 24.9 Å². The molecule has 1 aliphatic rings. The molecule has 98 valence electrons. The number of nitrogens with zero attached hydrogens (tertiary/aromatic N) is 2. The predicted octanol–water partition coefficient (Wildman–Crippen LogP) is 1.84. The van der Waals surface area contributed by atoms with Crippen LogP contribution in [-0.2, 0) is 11.0 Å². The van der Waals surface area contributed by atoms with E-state index in [2.05, 4.69) is 14.7 Å². The molecule has 1 fully saturated rings. The summed E-state index contributed by atoms with van der Waals surface area (Å²) in [7, 11) is 0. The van der Waals surface area contributed by atoms with Crippen molar-refractivity contribution in [1.82, 2.24) is 9.97 Å². The first kappa shape index (κ1) is 12.6. The van der Waals surface area contributed by atoms with Crippen LogP contribution in [0.2, 0.25) is 0 Å². The average molecular weight is 262 g/mol. The topological polar surface area (TPSA) is 72.3 Å². The number of hydrogen-bond acceptors (Lipinski definition) is 4. The Balaban J connectivity index is 2.27. The summed E-state index contributed by atoms with van der Waals surface area (Å²) in [6, 6.07) is 0.333. The molecular formula is C10H9F3N2O3. The van der Waals surface area contributed by atoms with E-state index in [-0.39, 0.29) is 11.6 Å². The Hall–Kier alpha value is -1.86. The molecule has 0 saturated heterocycles. The van der Waals surface area contributed by atoms with Crippen LogP contribution in [0.25, 0.3) is 0 Å². The summed E-state index contributed by atoms with van der Waals surface area (Å²) >= 11 is 0. The van der Waals surface area contributed by atoms with Crippen LogP contribution in [0.15, 0.2) is 6.07 Å². The van der Waals surface area contributed by atoms with Gasteiger partial charge in [0.25, 0.3) is 0 Å². The van der Waals surface area contributed by atoms with Crippen LogP contribution in [0, 0.1) is 0 Å². The van der Waals surface area contributed by atoms with E-state index in [9.17, 15) is 18.0 Å². The van der Waals surface area contributed by atoms with Gasteiger partial charge in [-0.25, -0.2) is 4.79 Å². The molecule has 8 heteroatoms. The Kier molecular flexibility index (Phi) is 3.10. The first-order valence-electron chi connectivity index (χ1n) is 5.17. The fourth-order valence-corrected chi connectivity index (χ4v) is 1.37. The molecule has 0 aliphatic heterocycles. The van der Waals surface area contributed by atoms with E-state index in [1.807, 2.05) is 0 Å². The normalized spacial score (nSPS) is 15.5. The van der Waals surface area contributed by atoms with Crippen LogP contribution >= 0.6 is 0 Å². The summed E-state index contributed by atoms with van der Waals surface area (Å²) in [4.78, 5) is 17.2. The van der Waals surface area contributed by atoms with Crippen molar-refractivity contribution in [1.29, 1.82) is 0 Å². The van der Waals surface area contributed by atoms with Gasteiger partial charge in [-0.15, -0.1) is 0 Å². The van der Waals surface area contributed by atoms with Crippen LogP contribution in [0.5, 0.6) is 6.01 Å². The van der Waals surface area contributed by atoms with Gasteiger partial charge in [0.1, 0.15) is 0 Å². The van der Waals surface area contributed by atoms with Gasteiger partial charge in [-0.3, -0.25) is 0 Å². The lowest BCUT2D eigenvalue weighted by molar-refractivity contribution is -0.141. The van der Waals surface area contributed by atoms with Gasteiger partial charge in [0.15, 0.2) is 12.3 Å². The molecule has 0 unspecified atom stereocenters. The minimum Gasteiger partial charge on any atom is -0.479 e. The van der Waals surface area contributed by atoms with Gasteiger partial charge in [-0.05, 0) is 18.9 Å². The highest BCUT2D eigenvalue weighted by atomic mass is 19.4. The number of aliphatic carboxylic acids is 1. The molecule has 5 nitrogen and oxygen atoms in total. The van der Waals surface area contributed by atoms with Crippen molar-refractivity contribution in [3.05, 3.63) is 17.5 Å². The summed E-state index contributed by atoms with van der Waals surface area (Å²) in [5.74, 6) is -1.31. The number of alkyl halides is 3. The standard InChI is InChI=1S/C10H9F3N2O3/c11-10(12,13)7-3-6(5-1-2-5)14-9(15-7)18-4-8(16)17/h3,5H,1-2,4H2,(H,16,17). The highest BCUT2D eigenvalue weighted by molar-refractivity contribution is 5.68. The third kappa shape index (κ3) is 3.08. The molecule has 1 aromatic rings. The highest BCUT2D eigenvalue weighted by Gasteiger charge is 2.36. The zero-order valence-corrected chi connectivity index (χ0v) is 9.07. The number of aromatic nitrogens is 2. The Morgan fingerprint density at radius 1 is 1.44 bits per heavy atom. The summed E-state index contributed by atoms with van der Waals surface area (Å²) < 4.78 is 42.3. The SMILES string of the molecule is O=C(O)COc1nc(C2CC2)cc(C(F)(F)F)n1. The molecule has 1 heterocycles. The summed E-state index contributed by atoms with van der Waals surface area (Å²) in [6.45, 7) is -0.772. The zero-order valence-electron chi connectivity index (χ0n) is 9.07.